The monoisotopic (exact) mass is 434 g/mol. The lowest BCUT2D eigenvalue weighted by molar-refractivity contribution is -0.133. The number of carbonyl (C=O) groups excluding carboxylic acids is 2. The van der Waals surface area contributed by atoms with Gasteiger partial charge in [-0.05, 0) is 50.2 Å². The molecule has 0 saturated heterocycles. The van der Waals surface area contributed by atoms with Gasteiger partial charge in [0.15, 0.2) is 11.5 Å². The molecule has 154 valence electrons. The average Bonchev–Trinajstić information content (AvgIpc) is 2.73. The van der Waals surface area contributed by atoms with Crippen molar-refractivity contribution in [3.63, 3.8) is 0 Å². The van der Waals surface area contributed by atoms with Gasteiger partial charge in [-0.3, -0.25) is 9.59 Å². The first-order chi connectivity index (χ1) is 14.0. The average molecular weight is 435 g/mol. The lowest BCUT2D eigenvalue weighted by atomic mass is 10.2. The van der Waals surface area contributed by atoms with Crippen LogP contribution in [0, 0.1) is 0 Å². The van der Waals surface area contributed by atoms with Gasteiger partial charge in [0.1, 0.15) is 13.2 Å². The quantitative estimate of drug-likeness (QED) is 0.665. The Morgan fingerprint density at radius 3 is 2.52 bits per heavy atom. The molecule has 1 N–H and O–H groups in total. The van der Waals surface area contributed by atoms with Crippen molar-refractivity contribution in [1.29, 1.82) is 0 Å². The van der Waals surface area contributed by atoms with Crippen LogP contribution in [0.25, 0.3) is 0 Å². The zero-order chi connectivity index (χ0) is 20.8. The van der Waals surface area contributed by atoms with Gasteiger partial charge in [0, 0.05) is 28.2 Å². The maximum absolute atomic E-state index is 12.8. The number of benzene rings is 2. The molecular weight excluding hydrogens is 412 g/mol. The van der Waals surface area contributed by atoms with Crippen LogP contribution in [0.3, 0.4) is 0 Å². The summed E-state index contributed by atoms with van der Waals surface area (Å²) >= 11 is 7.34. The highest BCUT2D eigenvalue weighted by molar-refractivity contribution is 8.00. The minimum Gasteiger partial charge on any atom is -0.486 e. The van der Waals surface area contributed by atoms with Gasteiger partial charge in [-0.15, -0.1) is 11.8 Å². The molecule has 0 fully saturated rings. The summed E-state index contributed by atoms with van der Waals surface area (Å²) in [5.41, 5.74) is 0.603. The number of nitrogens with zero attached hydrogens (tertiary/aromatic N) is 1. The highest BCUT2D eigenvalue weighted by Gasteiger charge is 2.23. The van der Waals surface area contributed by atoms with Crippen LogP contribution >= 0.6 is 23.4 Å². The van der Waals surface area contributed by atoms with Gasteiger partial charge in [0.25, 0.3) is 0 Å². The smallest absolute Gasteiger partial charge is 0.243 e. The molecule has 0 unspecified atom stereocenters. The van der Waals surface area contributed by atoms with E-state index in [0.29, 0.717) is 42.0 Å². The van der Waals surface area contributed by atoms with E-state index in [1.807, 2.05) is 26.0 Å². The van der Waals surface area contributed by atoms with Crippen molar-refractivity contribution in [1.82, 2.24) is 4.90 Å². The first-order valence-electron chi connectivity index (χ1n) is 9.36. The van der Waals surface area contributed by atoms with E-state index in [-0.39, 0.29) is 23.6 Å². The molecule has 29 heavy (non-hydrogen) atoms. The molecule has 0 bridgehead atoms. The van der Waals surface area contributed by atoms with Crippen LogP contribution in [0.4, 0.5) is 5.69 Å². The third-order valence-electron chi connectivity index (χ3n) is 4.33. The molecule has 8 heteroatoms. The molecule has 0 aromatic heterocycles. The van der Waals surface area contributed by atoms with Crippen LogP contribution in [0.5, 0.6) is 11.5 Å². The Morgan fingerprint density at radius 2 is 1.83 bits per heavy atom. The number of thioether (sulfide) groups is 1. The molecule has 1 aliphatic rings. The fourth-order valence-electron chi connectivity index (χ4n) is 2.87. The zero-order valence-corrected chi connectivity index (χ0v) is 17.9. The predicted octanol–water partition coefficient (Wildman–Crippen LogP) is 4.08. The lowest BCUT2D eigenvalue weighted by Gasteiger charge is -2.24. The van der Waals surface area contributed by atoms with Crippen molar-refractivity contribution < 1.29 is 19.1 Å². The van der Waals surface area contributed by atoms with Gasteiger partial charge in [0.2, 0.25) is 11.8 Å². The molecule has 0 spiro atoms. The van der Waals surface area contributed by atoms with Crippen LogP contribution in [-0.4, -0.2) is 48.3 Å². The standard InChI is InChI=1S/C21H23ClN2O4S/c1-3-24(21(26)14(2)29-17-7-4-15(22)5-8-17)13-20(25)23-16-6-9-18-19(12-16)28-11-10-27-18/h4-9,12,14H,3,10-11,13H2,1-2H3,(H,23,25)/t14-/m0/s1. The van der Waals surface area contributed by atoms with E-state index in [4.69, 9.17) is 21.1 Å². The summed E-state index contributed by atoms with van der Waals surface area (Å²) in [7, 11) is 0. The molecular formula is C21H23ClN2O4S. The highest BCUT2D eigenvalue weighted by atomic mass is 35.5. The van der Waals surface area contributed by atoms with Gasteiger partial charge < -0.3 is 19.7 Å². The number of likely N-dealkylation sites (N-methyl/N-ethyl adjacent to an activating group) is 1. The number of fused-ring (bicyclic) bond motifs is 1. The number of nitrogens with one attached hydrogen (secondary N) is 1. The maximum atomic E-state index is 12.8. The van der Waals surface area contributed by atoms with Crippen LogP contribution in [0.1, 0.15) is 13.8 Å². The third kappa shape index (κ3) is 5.81. The van der Waals surface area contributed by atoms with Crippen LogP contribution in [0.15, 0.2) is 47.4 Å². The molecule has 1 atom stereocenters. The molecule has 1 heterocycles. The van der Waals surface area contributed by atoms with Crippen molar-refractivity contribution in [2.45, 2.75) is 24.0 Å². The number of carbonyl (C=O) groups is 2. The minimum absolute atomic E-state index is 0.0186. The Morgan fingerprint density at radius 1 is 1.14 bits per heavy atom. The molecule has 6 nitrogen and oxygen atoms in total. The summed E-state index contributed by atoms with van der Waals surface area (Å²) in [6.07, 6.45) is 0. The summed E-state index contributed by atoms with van der Waals surface area (Å²) in [5.74, 6) is 0.906. The number of amides is 2. The largest absolute Gasteiger partial charge is 0.486 e. The Kier molecular flexibility index (Phi) is 7.28. The highest BCUT2D eigenvalue weighted by Crippen LogP contribution is 2.32. The molecule has 2 aromatic carbocycles. The molecule has 0 radical (unpaired) electrons. The third-order valence-corrected chi connectivity index (χ3v) is 5.68. The number of halogens is 1. The van der Waals surface area contributed by atoms with E-state index >= 15 is 0 Å². The van der Waals surface area contributed by atoms with E-state index in [9.17, 15) is 9.59 Å². The van der Waals surface area contributed by atoms with E-state index in [2.05, 4.69) is 5.32 Å². The summed E-state index contributed by atoms with van der Waals surface area (Å²) in [6, 6.07) is 12.6. The number of hydrogen-bond donors (Lipinski definition) is 1. The first kappa shape index (κ1) is 21.3. The number of ether oxygens (including phenoxy) is 2. The SMILES string of the molecule is CCN(CC(=O)Nc1ccc2c(c1)OCCO2)C(=O)[C@H](C)Sc1ccc(Cl)cc1. The van der Waals surface area contributed by atoms with Crippen molar-refractivity contribution >= 4 is 40.9 Å². The van der Waals surface area contributed by atoms with Crippen LogP contribution in [-0.2, 0) is 9.59 Å². The molecule has 3 rings (SSSR count). The Hall–Kier alpha value is -2.38. The van der Waals surface area contributed by atoms with Crippen LogP contribution in [0.2, 0.25) is 5.02 Å². The van der Waals surface area contributed by atoms with E-state index in [1.165, 1.54) is 11.8 Å². The van der Waals surface area contributed by atoms with Gasteiger partial charge in [-0.2, -0.15) is 0 Å². The predicted molar refractivity (Wildman–Crippen MR) is 115 cm³/mol. The molecule has 2 amide bonds. The summed E-state index contributed by atoms with van der Waals surface area (Å²) in [5, 5.41) is 3.15. The fraction of sp³-hybridized carbons (Fsp3) is 0.333. The van der Waals surface area contributed by atoms with E-state index in [0.717, 1.165) is 4.90 Å². The molecule has 2 aromatic rings. The van der Waals surface area contributed by atoms with Gasteiger partial charge in [-0.1, -0.05) is 11.6 Å². The van der Waals surface area contributed by atoms with Gasteiger partial charge in [0.05, 0.1) is 11.8 Å². The second kappa shape index (κ2) is 9.89. The Labute approximate surface area is 179 Å². The molecule has 0 aliphatic carbocycles. The van der Waals surface area contributed by atoms with Gasteiger partial charge >= 0.3 is 0 Å². The lowest BCUT2D eigenvalue weighted by Crippen LogP contribution is -2.41. The summed E-state index contributed by atoms with van der Waals surface area (Å²) in [6.45, 7) is 5.11. The second-order valence-corrected chi connectivity index (χ2v) is 8.32. The number of anilines is 1. The summed E-state index contributed by atoms with van der Waals surface area (Å²) in [4.78, 5) is 27.8. The van der Waals surface area contributed by atoms with Crippen LogP contribution < -0.4 is 14.8 Å². The van der Waals surface area contributed by atoms with Crippen molar-refractivity contribution in [2.75, 3.05) is 31.6 Å². The van der Waals surface area contributed by atoms with Crippen molar-refractivity contribution in [3.05, 3.63) is 47.5 Å². The Balaban J connectivity index is 1.57. The summed E-state index contributed by atoms with van der Waals surface area (Å²) < 4.78 is 11.0. The molecule has 0 saturated carbocycles. The minimum atomic E-state index is -0.321. The topological polar surface area (TPSA) is 67.9 Å². The van der Waals surface area contributed by atoms with Crippen molar-refractivity contribution in [2.24, 2.45) is 0 Å². The first-order valence-corrected chi connectivity index (χ1v) is 10.6. The zero-order valence-electron chi connectivity index (χ0n) is 16.3. The molecule has 1 aliphatic heterocycles. The maximum Gasteiger partial charge on any atom is 0.243 e. The Bertz CT molecular complexity index is 875. The van der Waals surface area contributed by atoms with E-state index in [1.54, 1.807) is 35.2 Å². The number of rotatable bonds is 7. The van der Waals surface area contributed by atoms with Crippen molar-refractivity contribution in [3.8, 4) is 11.5 Å². The fourth-order valence-corrected chi connectivity index (χ4v) is 3.94. The second-order valence-electron chi connectivity index (χ2n) is 6.47. The normalized spacial score (nSPS) is 13.5. The number of hydrogen-bond acceptors (Lipinski definition) is 5. The van der Waals surface area contributed by atoms with E-state index < -0.39 is 0 Å². The van der Waals surface area contributed by atoms with Gasteiger partial charge in [-0.25, -0.2) is 0 Å².